The van der Waals surface area contributed by atoms with Gasteiger partial charge in [-0.15, -0.1) is 11.8 Å². The maximum absolute atomic E-state index is 12.8. The van der Waals surface area contributed by atoms with Gasteiger partial charge in [0.15, 0.2) is 0 Å². The number of rotatable bonds is 27. The van der Waals surface area contributed by atoms with Crippen LogP contribution in [0.3, 0.4) is 0 Å². The number of benzene rings is 1. The van der Waals surface area contributed by atoms with Crippen molar-refractivity contribution in [3.05, 3.63) is 36.4 Å². The van der Waals surface area contributed by atoms with E-state index >= 15 is 0 Å². The maximum atomic E-state index is 12.8. The quantitative estimate of drug-likeness (QED) is 0.0223. The van der Waals surface area contributed by atoms with Gasteiger partial charge >= 0.3 is 17.9 Å². The molecule has 0 saturated heterocycles. The van der Waals surface area contributed by atoms with Gasteiger partial charge in [0.1, 0.15) is 24.1 Å². The van der Waals surface area contributed by atoms with E-state index < -0.39 is 52.4 Å². The summed E-state index contributed by atoms with van der Waals surface area (Å²) in [6, 6.07) is 5.80. The van der Waals surface area contributed by atoms with Gasteiger partial charge in [-0.2, -0.15) is 8.42 Å². The van der Waals surface area contributed by atoms with Crippen molar-refractivity contribution < 1.29 is 51.1 Å². The third-order valence-electron chi connectivity index (χ3n) is 7.52. The van der Waals surface area contributed by atoms with Crippen LogP contribution in [0.15, 0.2) is 46.2 Å². The van der Waals surface area contributed by atoms with Gasteiger partial charge in [0.05, 0.1) is 30.3 Å². The number of unbranched alkanes of at least 4 members (excludes halogenated alkanes) is 5. The molecule has 0 aliphatic carbocycles. The van der Waals surface area contributed by atoms with Crippen molar-refractivity contribution in [2.75, 3.05) is 12.9 Å². The third kappa shape index (κ3) is 36.1. The summed E-state index contributed by atoms with van der Waals surface area (Å²) in [4.78, 5) is 50.6. The van der Waals surface area contributed by atoms with Gasteiger partial charge in [0, 0.05) is 30.6 Å². The fourth-order valence-electron chi connectivity index (χ4n) is 4.89. The summed E-state index contributed by atoms with van der Waals surface area (Å²) in [5.74, 6) is -1.16. The van der Waals surface area contributed by atoms with Crippen LogP contribution in [0, 0.1) is 0 Å². The van der Waals surface area contributed by atoms with E-state index in [2.05, 4.69) is 13.0 Å². The first-order valence-corrected chi connectivity index (χ1v) is 19.7. The number of allylic oxidation sites excluding steroid dienone is 1. The van der Waals surface area contributed by atoms with E-state index in [4.69, 9.17) is 23.5 Å². The highest BCUT2D eigenvalue weighted by Crippen LogP contribution is 2.23. The van der Waals surface area contributed by atoms with Crippen molar-refractivity contribution in [2.24, 2.45) is 0 Å². The Morgan fingerprint density at radius 3 is 1.74 bits per heavy atom. The SMILES string of the molecule is C.C.C.C.C.C.C.C.CCCCCCC=CCC(CC(C)=O)OC(=O)CC(CCCC)OC(=O)CC(C)OC(=O)CC(CCSc1ccc(S(=O)(=O)O)cc1)OC. The number of thioether (sulfide) groups is 1. The predicted molar refractivity (Wildman–Crippen MR) is 243 cm³/mol. The first-order valence-electron chi connectivity index (χ1n) is 17.2. The molecule has 0 aromatic heterocycles. The molecule has 4 atom stereocenters. The number of esters is 3. The van der Waals surface area contributed by atoms with Crippen molar-refractivity contribution >= 4 is 45.6 Å². The minimum absolute atomic E-state index is 0. The number of Topliss-reactive ketones (excluding diaryl/α,β-unsaturated/α-hetero) is 1. The van der Waals surface area contributed by atoms with Crippen LogP contribution >= 0.6 is 11.8 Å². The third-order valence-corrected chi connectivity index (χ3v) is 9.43. The lowest BCUT2D eigenvalue weighted by atomic mass is 10.1. The highest BCUT2D eigenvalue weighted by atomic mass is 32.2. The van der Waals surface area contributed by atoms with E-state index in [9.17, 15) is 27.6 Å². The van der Waals surface area contributed by atoms with Crippen molar-refractivity contribution in [2.45, 2.75) is 211 Å². The number of carbonyl (C=O) groups excluding carboxylic acids is 4. The zero-order chi connectivity index (χ0) is 36.7. The fraction of sp³-hybridized carbons (Fsp3) is 0.727. The lowest BCUT2D eigenvalue weighted by Crippen LogP contribution is -2.28. The molecule has 1 N–H and O–H groups in total. The molecule has 0 heterocycles. The highest BCUT2D eigenvalue weighted by Gasteiger charge is 2.24. The van der Waals surface area contributed by atoms with Crippen LogP contribution in [0.4, 0.5) is 0 Å². The van der Waals surface area contributed by atoms with E-state index in [1.165, 1.54) is 57.2 Å². The summed E-state index contributed by atoms with van der Waals surface area (Å²) in [6.45, 7) is 7.21. The normalized spacial score (nSPS) is 12.2. The standard InChI is InChI=1S/C36H56O11S2.8CH4/c1-6-8-10-11-12-13-14-16-30(23-27(3)37)46-36(40)26-31(15-9-7-2)47-34(38)24-28(4)45-35(39)25-29(44-5)21-22-48-32-17-19-33(20-18-32)49(41,42)43;;;;;;;;/h13-14,17-20,28-31H,6-12,15-16,21-26H2,1-5H3,(H,41,42,43);8*1H4. The largest absolute Gasteiger partial charge is 0.462 e. The molecule has 0 bridgehead atoms. The second-order valence-corrected chi connectivity index (χ2v) is 14.8. The number of methoxy groups -OCH3 is 1. The monoisotopic (exact) mass is 857 g/mol. The summed E-state index contributed by atoms with van der Waals surface area (Å²) in [5, 5.41) is 0. The van der Waals surface area contributed by atoms with Gasteiger partial charge in [-0.3, -0.25) is 23.7 Å². The molecule has 0 spiro atoms. The van der Waals surface area contributed by atoms with Crippen LogP contribution in [-0.2, 0) is 48.2 Å². The summed E-state index contributed by atoms with van der Waals surface area (Å²) in [6.07, 6.45) is 9.88. The fourth-order valence-corrected chi connectivity index (χ4v) is 6.32. The first kappa shape index (κ1) is 71.9. The number of hydrogen-bond acceptors (Lipinski definition) is 11. The topological polar surface area (TPSA) is 160 Å². The highest BCUT2D eigenvalue weighted by molar-refractivity contribution is 7.99. The first-order chi connectivity index (χ1) is 23.3. The molecule has 0 amide bonds. The summed E-state index contributed by atoms with van der Waals surface area (Å²) >= 11 is 1.44. The Kier molecular flexibility index (Phi) is 52.3. The second kappa shape index (κ2) is 41.4. The summed E-state index contributed by atoms with van der Waals surface area (Å²) < 4.78 is 53.6. The molecule has 11 nitrogen and oxygen atoms in total. The molecule has 4 unspecified atom stereocenters. The van der Waals surface area contributed by atoms with Crippen molar-refractivity contribution in [1.82, 2.24) is 0 Å². The minimum atomic E-state index is -4.26. The average molecular weight is 857 g/mol. The predicted octanol–water partition coefficient (Wildman–Crippen LogP) is 12.5. The molecule has 0 saturated carbocycles. The zero-order valence-electron chi connectivity index (χ0n) is 29.7. The molecule has 1 aromatic carbocycles. The van der Waals surface area contributed by atoms with Gasteiger partial charge in [-0.05, 0) is 63.8 Å². The summed E-state index contributed by atoms with van der Waals surface area (Å²) in [5.41, 5.74) is 0. The van der Waals surface area contributed by atoms with Crippen LogP contribution < -0.4 is 0 Å². The Morgan fingerprint density at radius 2 is 1.21 bits per heavy atom. The molecule has 342 valence electrons. The Labute approximate surface area is 356 Å². The van der Waals surface area contributed by atoms with Crippen LogP contribution in [0.25, 0.3) is 0 Å². The number of hydrogen-bond donors (Lipinski definition) is 1. The molecular formula is C44H88O11S2. The molecule has 13 heteroatoms. The van der Waals surface area contributed by atoms with Gasteiger partial charge in [-0.25, -0.2) is 0 Å². The van der Waals surface area contributed by atoms with E-state index in [-0.39, 0.29) is 95.8 Å². The van der Waals surface area contributed by atoms with Crippen LogP contribution in [-0.4, -0.2) is 73.9 Å². The van der Waals surface area contributed by atoms with Crippen LogP contribution in [0.1, 0.15) is 177 Å². The van der Waals surface area contributed by atoms with Crippen molar-refractivity contribution in [3.63, 3.8) is 0 Å². The Hall–Kier alpha value is -2.74. The molecular weight excluding hydrogens is 769 g/mol. The Morgan fingerprint density at radius 1 is 0.684 bits per heavy atom. The number of ketones is 1. The van der Waals surface area contributed by atoms with Gasteiger partial charge in [0.25, 0.3) is 10.1 Å². The molecule has 0 radical (unpaired) electrons. The van der Waals surface area contributed by atoms with E-state index in [0.717, 1.165) is 30.6 Å². The van der Waals surface area contributed by atoms with E-state index in [0.29, 0.717) is 25.0 Å². The minimum Gasteiger partial charge on any atom is -0.462 e. The van der Waals surface area contributed by atoms with Crippen LogP contribution in [0.2, 0.25) is 0 Å². The smallest absolute Gasteiger partial charge is 0.309 e. The van der Waals surface area contributed by atoms with Crippen molar-refractivity contribution in [1.29, 1.82) is 0 Å². The average Bonchev–Trinajstić information content (AvgIpc) is 3.01. The lowest BCUT2D eigenvalue weighted by molar-refractivity contribution is -0.161. The van der Waals surface area contributed by atoms with Gasteiger partial charge in [-0.1, -0.05) is 118 Å². The number of carbonyl (C=O) groups is 4. The molecule has 1 rings (SSSR count). The molecule has 1 aromatic rings. The van der Waals surface area contributed by atoms with E-state index in [1.807, 2.05) is 13.0 Å². The zero-order valence-corrected chi connectivity index (χ0v) is 31.4. The van der Waals surface area contributed by atoms with E-state index in [1.54, 1.807) is 19.1 Å². The van der Waals surface area contributed by atoms with Crippen molar-refractivity contribution in [3.8, 4) is 0 Å². The molecule has 0 aliphatic rings. The molecule has 0 aliphatic heterocycles. The van der Waals surface area contributed by atoms with Crippen LogP contribution in [0.5, 0.6) is 0 Å². The van der Waals surface area contributed by atoms with Gasteiger partial charge < -0.3 is 18.9 Å². The molecule has 0 fully saturated rings. The Balaban J connectivity index is -0.000000500. The second-order valence-electron chi connectivity index (χ2n) is 12.2. The Bertz CT molecular complexity index is 1270. The number of ether oxygens (including phenoxy) is 4. The summed E-state index contributed by atoms with van der Waals surface area (Å²) in [7, 11) is -2.77. The molecule has 57 heavy (non-hydrogen) atoms. The lowest BCUT2D eigenvalue weighted by Gasteiger charge is -2.21. The van der Waals surface area contributed by atoms with Gasteiger partial charge in [0.2, 0.25) is 0 Å². The maximum Gasteiger partial charge on any atom is 0.309 e.